The molecule has 3 aliphatic heterocycles. The molecule has 10 aromatic rings. The summed E-state index contributed by atoms with van der Waals surface area (Å²) in [6.07, 6.45) is -22.1. The molecule has 13 rings (SSSR count). The van der Waals surface area contributed by atoms with Crippen molar-refractivity contribution in [2.45, 2.75) is 125 Å². The molecule has 0 amide bonds. The summed E-state index contributed by atoms with van der Waals surface area (Å²) in [4.78, 5) is 104. The van der Waals surface area contributed by atoms with Crippen LogP contribution in [0, 0.1) is 0 Å². The number of allylic oxidation sites excluding steroid dienone is 1. The van der Waals surface area contributed by atoms with Crippen LogP contribution < -0.4 is 0 Å². The van der Waals surface area contributed by atoms with E-state index in [1.165, 1.54) is 84.9 Å². The summed E-state index contributed by atoms with van der Waals surface area (Å²) in [5.74, 6) is -6.85. The van der Waals surface area contributed by atoms with Crippen LogP contribution in [0.4, 0.5) is 0 Å². The van der Waals surface area contributed by atoms with E-state index in [4.69, 9.17) is 75.8 Å². The summed E-state index contributed by atoms with van der Waals surface area (Å²) < 4.78 is 108. The Morgan fingerprint density at radius 3 is 0.914 bits per heavy atom. The Morgan fingerprint density at radius 2 is 0.543 bits per heavy atom. The molecule has 15 atom stereocenters. The number of esters is 7. The lowest BCUT2D eigenvalue weighted by Crippen LogP contribution is -2.67. The van der Waals surface area contributed by atoms with Crippen molar-refractivity contribution in [3.63, 3.8) is 0 Å². The minimum absolute atomic E-state index is 0.00714. The van der Waals surface area contributed by atoms with E-state index in [0.717, 1.165) is 16.7 Å². The van der Waals surface area contributed by atoms with Gasteiger partial charge in [0.2, 0.25) is 0 Å². The van der Waals surface area contributed by atoms with Gasteiger partial charge < -0.3 is 75.8 Å². The highest BCUT2D eigenvalue weighted by molar-refractivity contribution is 5.93. The number of rotatable bonds is 35. The number of benzene rings is 10. The molecule has 3 saturated heterocycles. The molecule has 3 fully saturated rings. The lowest BCUT2D eigenvalue weighted by atomic mass is 9.95. The monoisotopic (exact) mass is 1570 g/mol. The highest BCUT2D eigenvalue weighted by atomic mass is 16.8. The molecule has 23 nitrogen and oxygen atoms in total. The van der Waals surface area contributed by atoms with Gasteiger partial charge in [0.1, 0.15) is 55.9 Å². The van der Waals surface area contributed by atoms with Crippen LogP contribution in [0.15, 0.2) is 316 Å². The second-order valence-corrected chi connectivity index (χ2v) is 27.3. The number of hydrogen-bond acceptors (Lipinski definition) is 23. The Kier molecular flexibility index (Phi) is 29.5. The average Bonchev–Trinajstić information content (AvgIpc) is 0.758. The zero-order valence-electron chi connectivity index (χ0n) is 63.1. The second-order valence-electron chi connectivity index (χ2n) is 27.3. The van der Waals surface area contributed by atoms with Crippen LogP contribution in [-0.4, -0.2) is 160 Å². The minimum atomic E-state index is -2.17. The summed E-state index contributed by atoms with van der Waals surface area (Å²) in [7, 11) is 0. The molecule has 3 aliphatic rings. The highest BCUT2D eigenvalue weighted by Gasteiger charge is 2.59. The zero-order chi connectivity index (χ0) is 80.2. The smallest absolute Gasteiger partial charge is 0.338 e. The van der Waals surface area contributed by atoms with E-state index in [0.29, 0.717) is 12.8 Å². The predicted molar refractivity (Wildman–Crippen MR) is 419 cm³/mol. The Labute approximate surface area is 670 Å². The van der Waals surface area contributed by atoms with Crippen molar-refractivity contribution in [1.82, 2.24) is 0 Å². The Bertz CT molecular complexity index is 4750. The lowest BCUT2D eigenvalue weighted by Gasteiger charge is -2.49. The third-order valence-electron chi connectivity index (χ3n) is 19.2. The van der Waals surface area contributed by atoms with E-state index in [1.807, 2.05) is 91.0 Å². The van der Waals surface area contributed by atoms with Gasteiger partial charge in [0.25, 0.3) is 0 Å². The summed E-state index contributed by atoms with van der Waals surface area (Å²) in [5.41, 5.74) is 2.60. The van der Waals surface area contributed by atoms with Gasteiger partial charge in [-0.25, -0.2) is 33.6 Å². The third-order valence-corrected chi connectivity index (χ3v) is 19.2. The maximum Gasteiger partial charge on any atom is 0.338 e. The van der Waals surface area contributed by atoms with Gasteiger partial charge in [0, 0.05) is 0 Å². The van der Waals surface area contributed by atoms with Crippen molar-refractivity contribution >= 4 is 41.8 Å². The van der Waals surface area contributed by atoms with Gasteiger partial charge in [0.05, 0.1) is 72.0 Å². The molecular weight excluding hydrogens is 1480 g/mol. The summed E-state index contributed by atoms with van der Waals surface area (Å²) in [6, 6.07) is 83.4. The first-order valence-corrected chi connectivity index (χ1v) is 38.1. The van der Waals surface area contributed by atoms with Crippen molar-refractivity contribution in [2.75, 3.05) is 26.4 Å². The van der Waals surface area contributed by atoms with Gasteiger partial charge in [-0.2, -0.15) is 0 Å². The number of ether oxygens (including phenoxy) is 16. The van der Waals surface area contributed by atoms with Crippen molar-refractivity contribution < 1.29 is 109 Å². The molecule has 23 heteroatoms. The van der Waals surface area contributed by atoms with E-state index in [2.05, 4.69) is 6.58 Å². The van der Waals surface area contributed by atoms with Gasteiger partial charge in [0.15, 0.2) is 49.4 Å². The van der Waals surface area contributed by atoms with Gasteiger partial charge in [-0.05, 0) is 114 Å². The molecule has 10 aromatic carbocycles. The fourth-order valence-corrected chi connectivity index (χ4v) is 13.3. The van der Waals surface area contributed by atoms with Crippen LogP contribution in [0.3, 0.4) is 0 Å². The van der Waals surface area contributed by atoms with Gasteiger partial charge in [-0.1, -0.05) is 224 Å². The first-order chi connectivity index (χ1) is 56.9. The van der Waals surface area contributed by atoms with Crippen LogP contribution in [-0.2, 0) is 95.6 Å². The molecule has 0 aromatic heterocycles. The zero-order valence-corrected chi connectivity index (χ0v) is 63.1. The molecule has 0 saturated carbocycles. The Morgan fingerprint density at radius 1 is 0.267 bits per heavy atom. The Balaban J connectivity index is 0.958. The van der Waals surface area contributed by atoms with Crippen LogP contribution in [0.25, 0.3) is 0 Å². The molecule has 0 spiro atoms. The molecule has 596 valence electrons. The topological polar surface area (TPSA) is 267 Å². The maximum absolute atomic E-state index is 15.4. The summed E-state index contributed by atoms with van der Waals surface area (Å²) in [6.45, 7) is 2.14. The SMILES string of the molecule is C=CCCCO[C@@H]1O[C@H](CO[C@@H]2O[C@H](COC(=O)c3ccccc3)[C@@H](O[C@@H]3O[C@H](COC(=O)c4ccccc4)[C@H](OC(=O)c4ccccc4)[C@H](OC(=O)c4ccccc4)[C@H]3OC(=O)c3ccccc3)[C@H](OC(=O)c3ccccc3)[C@H]2OC(=O)c2ccccc2)[C@@H](OCc2ccccc2)[C@H](OCc2ccccc2)[C@H]1OCc1ccccc1. The first-order valence-electron chi connectivity index (χ1n) is 38.1. The number of unbranched alkanes of at least 4 members (excludes halogenated alkanes) is 1. The van der Waals surface area contributed by atoms with Gasteiger partial charge in [-0.15, -0.1) is 6.58 Å². The van der Waals surface area contributed by atoms with Crippen LogP contribution in [0.1, 0.15) is 102 Å². The number of carbonyl (C=O) groups excluding carboxylic acids is 7. The van der Waals surface area contributed by atoms with Gasteiger partial charge in [-0.3, -0.25) is 0 Å². The van der Waals surface area contributed by atoms with Crippen molar-refractivity contribution in [1.29, 1.82) is 0 Å². The molecule has 0 unspecified atom stereocenters. The quantitative estimate of drug-likeness (QED) is 0.0155. The molecular formula is C93H86O23. The second kappa shape index (κ2) is 41.8. The molecule has 0 aliphatic carbocycles. The van der Waals surface area contributed by atoms with E-state index >= 15 is 14.4 Å². The molecule has 0 radical (unpaired) electrons. The molecule has 3 heterocycles. The number of hydrogen-bond donors (Lipinski definition) is 0. The summed E-state index contributed by atoms with van der Waals surface area (Å²) >= 11 is 0. The lowest BCUT2D eigenvalue weighted by molar-refractivity contribution is -0.364. The van der Waals surface area contributed by atoms with E-state index in [-0.39, 0.29) is 65.4 Å². The molecule has 0 bridgehead atoms. The van der Waals surface area contributed by atoms with E-state index in [1.54, 1.807) is 133 Å². The predicted octanol–water partition coefficient (Wildman–Crippen LogP) is 14.1. The molecule has 0 N–H and O–H groups in total. The van der Waals surface area contributed by atoms with Crippen LogP contribution in [0.2, 0.25) is 0 Å². The summed E-state index contributed by atoms with van der Waals surface area (Å²) in [5, 5.41) is 0. The first kappa shape index (κ1) is 81.9. The normalized spacial score (nSPS) is 22.9. The Hall–Kier alpha value is -12.1. The largest absolute Gasteiger partial charge is 0.459 e. The maximum atomic E-state index is 15.4. The van der Waals surface area contributed by atoms with Crippen molar-refractivity contribution in [2.24, 2.45) is 0 Å². The van der Waals surface area contributed by atoms with E-state index in [9.17, 15) is 19.2 Å². The highest BCUT2D eigenvalue weighted by Crippen LogP contribution is 2.39. The van der Waals surface area contributed by atoms with Crippen molar-refractivity contribution in [3.05, 3.63) is 372 Å². The van der Waals surface area contributed by atoms with Crippen LogP contribution >= 0.6 is 0 Å². The number of carbonyl (C=O) groups is 7. The minimum Gasteiger partial charge on any atom is -0.459 e. The van der Waals surface area contributed by atoms with Gasteiger partial charge >= 0.3 is 41.8 Å². The average molecular weight is 1570 g/mol. The van der Waals surface area contributed by atoms with Crippen LogP contribution in [0.5, 0.6) is 0 Å². The fraction of sp³-hybridized carbons (Fsp3) is 0.258. The molecule has 116 heavy (non-hydrogen) atoms. The third kappa shape index (κ3) is 22.2. The fourth-order valence-electron chi connectivity index (χ4n) is 13.3. The standard InChI is InChI=1S/C93H86O23/c1-2-3-34-55-101-91-81(104-58-64-39-18-6-19-40-64)78(103-57-63-37-16-5-17-38-63)75(102-56-62-35-14-4-15-36-62)72(108-91)61-107-92-82(114-89(99)70-51-30-12-31-52-70)80(113-88(98)69-49-28-11-29-50-69)77(74(109-92)60-106-85(95)66-43-22-8-23-44-66)116-93-83(115-90(100)71-53-32-13-33-54-71)79(112-87(97)68-47-26-10-27-48-68)76(111-86(96)67-45-24-9-25-46-67)73(110-93)59-105-84(94)65-41-20-7-21-42-65/h2,4-33,35-54,72-83,91-93H,1,3,34,55-61H2/t72-,73-,74-,75-,76+,77-,78+,79+,80+,81-,82-,83-,91-,92-,93+/m1/s1. The van der Waals surface area contributed by atoms with Crippen molar-refractivity contribution in [3.8, 4) is 0 Å². The van der Waals surface area contributed by atoms with E-state index < -0.39 is 154 Å².